The van der Waals surface area contributed by atoms with Crippen molar-refractivity contribution in [2.75, 3.05) is 0 Å². The lowest BCUT2D eigenvalue weighted by Gasteiger charge is -2.08. The Morgan fingerprint density at radius 1 is 1.47 bits per heavy atom. The number of ether oxygens (including phenoxy) is 1. The molecule has 1 aromatic carbocycles. The number of carbonyl (C=O) groups excluding carboxylic acids is 1. The van der Waals surface area contributed by atoms with Crippen LogP contribution in [0.15, 0.2) is 30.3 Å². The molecule has 0 saturated carbocycles. The summed E-state index contributed by atoms with van der Waals surface area (Å²) in [6.45, 7) is 0. The minimum absolute atomic E-state index is 0.462. The van der Waals surface area contributed by atoms with Crippen LogP contribution in [0.1, 0.15) is 12.0 Å². The lowest BCUT2D eigenvalue weighted by molar-refractivity contribution is 0.128. The molecule has 0 bridgehead atoms. The van der Waals surface area contributed by atoms with Crippen LogP contribution in [-0.4, -0.2) is 12.2 Å². The number of hydrogen-bond donors (Lipinski definition) is 1. The molecule has 1 atom stereocenters. The van der Waals surface area contributed by atoms with Crippen LogP contribution in [0.3, 0.4) is 0 Å². The molecule has 15 heavy (non-hydrogen) atoms. The molecule has 1 amide bonds. The van der Waals surface area contributed by atoms with Crippen LogP contribution in [0.2, 0.25) is 0 Å². The Labute approximate surface area is 88.3 Å². The van der Waals surface area contributed by atoms with Gasteiger partial charge in [0, 0.05) is 6.42 Å². The molecule has 78 valence electrons. The van der Waals surface area contributed by atoms with E-state index >= 15 is 0 Å². The monoisotopic (exact) mass is 204 g/mol. The highest BCUT2D eigenvalue weighted by atomic mass is 16.6. The molecule has 2 N–H and O–H groups in total. The van der Waals surface area contributed by atoms with Crippen LogP contribution < -0.4 is 5.73 Å². The summed E-state index contributed by atoms with van der Waals surface area (Å²) in [4.78, 5) is 10.4. The largest absolute Gasteiger partial charge is 0.431 e. The molecule has 0 saturated heterocycles. The van der Waals surface area contributed by atoms with Crippen molar-refractivity contribution in [1.82, 2.24) is 0 Å². The summed E-state index contributed by atoms with van der Waals surface area (Å²) in [7, 11) is 0. The molecule has 0 aliphatic heterocycles. The van der Waals surface area contributed by atoms with E-state index in [0.717, 1.165) is 5.56 Å². The topological polar surface area (TPSA) is 76.1 Å². The van der Waals surface area contributed by atoms with E-state index in [0.29, 0.717) is 12.8 Å². The summed E-state index contributed by atoms with van der Waals surface area (Å²) in [6, 6.07) is 11.6. The van der Waals surface area contributed by atoms with Gasteiger partial charge in [0.2, 0.25) is 0 Å². The Morgan fingerprint density at radius 3 is 2.67 bits per heavy atom. The van der Waals surface area contributed by atoms with Gasteiger partial charge in [-0.2, -0.15) is 5.26 Å². The minimum atomic E-state index is -0.908. The zero-order valence-electron chi connectivity index (χ0n) is 8.22. The summed E-state index contributed by atoms with van der Waals surface area (Å²) in [5.74, 6) is 0. The van der Waals surface area contributed by atoms with Gasteiger partial charge in [-0.25, -0.2) is 4.79 Å². The Bertz CT molecular complexity index is 357. The van der Waals surface area contributed by atoms with Crippen LogP contribution in [0.4, 0.5) is 4.79 Å². The van der Waals surface area contributed by atoms with Crippen molar-refractivity contribution in [3.63, 3.8) is 0 Å². The Morgan fingerprint density at radius 2 is 2.13 bits per heavy atom. The first-order valence-electron chi connectivity index (χ1n) is 4.62. The number of primary amides is 1. The van der Waals surface area contributed by atoms with Crippen molar-refractivity contribution in [3.8, 4) is 6.07 Å². The Kier molecular flexibility index (Phi) is 4.17. The normalized spacial score (nSPS) is 11.4. The molecule has 0 aromatic heterocycles. The smallest absolute Gasteiger partial charge is 0.405 e. The van der Waals surface area contributed by atoms with E-state index in [1.165, 1.54) is 0 Å². The van der Waals surface area contributed by atoms with Crippen LogP contribution in [0.5, 0.6) is 0 Å². The van der Waals surface area contributed by atoms with E-state index in [1.807, 2.05) is 36.4 Å². The average molecular weight is 204 g/mol. The molecule has 0 spiro atoms. The molecular formula is C11H12N2O2. The summed E-state index contributed by atoms with van der Waals surface area (Å²) in [5.41, 5.74) is 5.93. The number of nitrogens with zero attached hydrogens (tertiary/aromatic N) is 1. The molecule has 0 heterocycles. The van der Waals surface area contributed by atoms with Crippen molar-refractivity contribution in [2.24, 2.45) is 5.73 Å². The molecule has 1 unspecified atom stereocenters. The second-order valence-corrected chi connectivity index (χ2v) is 3.08. The molecule has 1 aromatic rings. The van der Waals surface area contributed by atoms with E-state index in [4.69, 9.17) is 11.0 Å². The number of hydrogen-bond acceptors (Lipinski definition) is 3. The number of carbonyl (C=O) groups is 1. The van der Waals surface area contributed by atoms with Gasteiger partial charge < -0.3 is 10.5 Å². The first-order valence-corrected chi connectivity index (χ1v) is 4.62. The van der Waals surface area contributed by atoms with Gasteiger partial charge in [-0.1, -0.05) is 30.3 Å². The van der Waals surface area contributed by atoms with E-state index in [2.05, 4.69) is 4.74 Å². The van der Waals surface area contributed by atoms with Crippen molar-refractivity contribution < 1.29 is 9.53 Å². The van der Waals surface area contributed by atoms with Crippen LogP contribution >= 0.6 is 0 Å². The zero-order chi connectivity index (χ0) is 11.1. The molecule has 4 heteroatoms. The van der Waals surface area contributed by atoms with Crippen LogP contribution in [-0.2, 0) is 11.2 Å². The summed E-state index contributed by atoms with van der Waals surface area (Å²) in [6.07, 6.45) is -0.521. The molecule has 0 radical (unpaired) electrons. The van der Waals surface area contributed by atoms with Crippen molar-refractivity contribution in [3.05, 3.63) is 35.9 Å². The first-order chi connectivity index (χ1) is 7.22. The van der Waals surface area contributed by atoms with Gasteiger partial charge in [0.25, 0.3) is 0 Å². The quantitative estimate of drug-likeness (QED) is 0.809. The van der Waals surface area contributed by atoms with E-state index in [-0.39, 0.29) is 0 Å². The number of rotatable bonds is 4. The van der Waals surface area contributed by atoms with Gasteiger partial charge in [-0.05, 0) is 12.0 Å². The third-order valence-electron chi connectivity index (χ3n) is 1.94. The molecule has 1 rings (SSSR count). The molecule has 0 fully saturated rings. The second kappa shape index (κ2) is 5.66. The fourth-order valence-electron chi connectivity index (χ4n) is 1.23. The van der Waals surface area contributed by atoms with Crippen molar-refractivity contribution >= 4 is 6.09 Å². The highest BCUT2D eigenvalue weighted by Gasteiger charge is 2.10. The number of nitriles is 1. The highest BCUT2D eigenvalue weighted by Crippen LogP contribution is 2.06. The fourth-order valence-corrected chi connectivity index (χ4v) is 1.23. The number of amides is 1. The highest BCUT2D eigenvalue weighted by molar-refractivity contribution is 5.65. The summed E-state index contributed by atoms with van der Waals surface area (Å²) >= 11 is 0. The van der Waals surface area contributed by atoms with E-state index in [1.54, 1.807) is 0 Å². The molecular weight excluding hydrogens is 192 g/mol. The molecule has 0 aliphatic carbocycles. The Hall–Kier alpha value is -2.02. The van der Waals surface area contributed by atoms with E-state index in [9.17, 15) is 4.79 Å². The first kappa shape index (κ1) is 11.1. The summed E-state index contributed by atoms with van der Waals surface area (Å²) < 4.78 is 4.60. The number of benzene rings is 1. The lowest BCUT2D eigenvalue weighted by atomic mass is 10.1. The van der Waals surface area contributed by atoms with Crippen molar-refractivity contribution in [2.45, 2.75) is 18.9 Å². The standard InChI is InChI=1S/C11H12N2O2/c12-8-10(15-11(13)14)7-6-9-4-2-1-3-5-9/h1-5,10H,6-7H2,(H2,13,14). The third kappa shape index (κ3) is 4.14. The lowest BCUT2D eigenvalue weighted by Crippen LogP contribution is -2.21. The SMILES string of the molecule is N#CC(CCc1ccccc1)OC(N)=O. The average Bonchev–Trinajstić information content (AvgIpc) is 2.25. The maximum absolute atomic E-state index is 10.4. The van der Waals surface area contributed by atoms with Crippen molar-refractivity contribution in [1.29, 1.82) is 5.26 Å². The van der Waals surface area contributed by atoms with Crippen LogP contribution in [0, 0.1) is 11.3 Å². The second-order valence-electron chi connectivity index (χ2n) is 3.08. The van der Waals surface area contributed by atoms with Gasteiger partial charge in [0.1, 0.15) is 6.07 Å². The van der Waals surface area contributed by atoms with Gasteiger partial charge >= 0.3 is 6.09 Å². The van der Waals surface area contributed by atoms with Gasteiger partial charge in [0.15, 0.2) is 6.10 Å². The fraction of sp³-hybridized carbons (Fsp3) is 0.273. The van der Waals surface area contributed by atoms with Crippen LogP contribution in [0.25, 0.3) is 0 Å². The number of aryl methyl sites for hydroxylation is 1. The number of nitrogens with two attached hydrogens (primary N) is 1. The molecule has 4 nitrogen and oxygen atoms in total. The third-order valence-corrected chi connectivity index (χ3v) is 1.94. The maximum Gasteiger partial charge on any atom is 0.405 e. The minimum Gasteiger partial charge on any atom is -0.431 e. The van der Waals surface area contributed by atoms with Gasteiger partial charge in [-0.15, -0.1) is 0 Å². The van der Waals surface area contributed by atoms with E-state index < -0.39 is 12.2 Å². The van der Waals surface area contributed by atoms with Gasteiger partial charge in [-0.3, -0.25) is 0 Å². The predicted octanol–water partition coefficient (Wildman–Crippen LogP) is 1.61. The zero-order valence-corrected chi connectivity index (χ0v) is 8.22. The Balaban J connectivity index is 2.42. The summed E-state index contributed by atoms with van der Waals surface area (Å²) in [5, 5.41) is 8.67. The van der Waals surface area contributed by atoms with Gasteiger partial charge in [0.05, 0.1) is 0 Å². The molecule has 0 aliphatic rings. The predicted molar refractivity (Wildman–Crippen MR) is 54.8 cm³/mol. The maximum atomic E-state index is 10.4.